The van der Waals surface area contributed by atoms with Gasteiger partial charge in [0, 0.05) is 25.5 Å². The zero-order valence-corrected chi connectivity index (χ0v) is 11.2. The fourth-order valence-electron chi connectivity index (χ4n) is 1.52. The highest BCUT2D eigenvalue weighted by atomic mass is 16.5. The third kappa shape index (κ3) is 4.47. The molecule has 0 saturated heterocycles. The van der Waals surface area contributed by atoms with Gasteiger partial charge in [0.1, 0.15) is 0 Å². The summed E-state index contributed by atoms with van der Waals surface area (Å²) in [5.41, 5.74) is 4.23. The number of aliphatic hydroxyl groups excluding tert-OH is 1. The summed E-state index contributed by atoms with van der Waals surface area (Å²) < 4.78 is 5.12. The molecule has 0 aliphatic heterocycles. The molecule has 1 aromatic rings. The maximum atomic E-state index is 12.2. The van der Waals surface area contributed by atoms with Crippen LogP contribution in [0.1, 0.15) is 16.1 Å². The first-order chi connectivity index (χ1) is 9.10. The highest BCUT2D eigenvalue weighted by molar-refractivity contribution is 5.99. The van der Waals surface area contributed by atoms with Crippen LogP contribution in [0.3, 0.4) is 0 Å². The van der Waals surface area contributed by atoms with E-state index in [9.17, 15) is 4.79 Å². The average Bonchev–Trinajstić information content (AvgIpc) is 2.42. The van der Waals surface area contributed by atoms with Crippen LogP contribution in [0.4, 0.5) is 5.69 Å². The summed E-state index contributed by atoms with van der Waals surface area (Å²) >= 11 is 0. The lowest BCUT2D eigenvalue weighted by Crippen LogP contribution is -2.31. The predicted molar refractivity (Wildman–Crippen MR) is 71.6 cm³/mol. The Labute approximate surface area is 112 Å². The van der Waals surface area contributed by atoms with Crippen LogP contribution in [0.25, 0.3) is 0 Å². The number of hydrogen-bond acceptors (Lipinski definition) is 6. The number of nitrogens with one attached hydrogen (secondary N) is 1. The highest BCUT2D eigenvalue weighted by Gasteiger charge is 2.16. The third-order valence-electron chi connectivity index (χ3n) is 2.58. The summed E-state index contributed by atoms with van der Waals surface area (Å²) in [5, 5.41) is 8.58. The topological polar surface area (TPSA) is 101 Å². The molecule has 1 aromatic heterocycles. The molecule has 106 valence electrons. The maximum Gasteiger partial charge on any atom is 0.257 e. The van der Waals surface area contributed by atoms with Crippen molar-refractivity contribution in [3.63, 3.8) is 0 Å². The number of carbonyl (C=O) groups is 1. The van der Waals surface area contributed by atoms with Gasteiger partial charge in [-0.25, -0.2) is 0 Å². The number of aryl methyl sites for hydroxylation is 1. The molecule has 0 aliphatic carbocycles. The minimum Gasteiger partial charge on any atom is -0.394 e. The van der Waals surface area contributed by atoms with Gasteiger partial charge >= 0.3 is 0 Å². The smallest absolute Gasteiger partial charge is 0.257 e. The van der Waals surface area contributed by atoms with E-state index in [1.165, 1.54) is 11.1 Å². The molecule has 0 atom stereocenters. The van der Waals surface area contributed by atoms with E-state index in [2.05, 4.69) is 10.4 Å². The molecule has 1 heterocycles. The number of hydrogen-bond donors (Lipinski definition) is 3. The maximum absolute atomic E-state index is 12.2. The second-order valence-corrected chi connectivity index (χ2v) is 4.08. The molecular formula is C12H20N4O3. The average molecular weight is 268 g/mol. The van der Waals surface area contributed by atoms with Gasteiger partial charge < -0.3 is 20.2 Å². The van der Waals surface area contributed by atoms with E-state index in [4.69, 9.17) is 15.7 Å². The van der Waals surface area contributed by atoms with E-state index < -0.39 is 0 Å². The lowest BCUT2D eigenvalue weighted by molar-refractivity contribution is 0.0619. The molecule has 1 rings (SSSR count). The number of ether oxygens (including phenoxy) is 1. The molecule has 1 amide bonds. The summed E-state index contributed by atoms with van der Waals surface area (Å²) in [4.78, 5) is 17.8. The molecular weight excluding hydrogens is 248 g/mol. The van der Waals surface area contributed by atoms with Gasteiger partial charge in [0.25, 0.3) is 5.91 Å². The van der Waals surface area contributed by atoms with Crippen molar-refractivity contribution in [3.05, 3.63) is 23.5 Å². The first-order valence-electron chi connectivity index (χ1n) is 5.97. The molecule has 0 aliphatic rings. The van der Waals surface area contributed by atoms with E-state index in [0.717, 1.165) is 5.69 Å². The molecule has 0 saturated carbocycles. The van der Waals surface area contributed by atoms with Gasteiger partial charge in [-0.1, -0.05) is 0 Å². The normalized spacial score (nSPS) is 10.3. The Morgan fingerprint density at radius 2 is 2.32 bits per heavy atom. The molecule has 0 spiro atoms. The van der Waals surface area contributed by atoms with E-state index in [1.54, 1.807) is 13.1 Å². The number of nitrogen functional groups attached to an aromatic ring is 1. The van der Waals surface area contributed by atoms with Crippen molar-refractivity contribution in [1.29, 1.82) is 0 Å². The van der Waals surface area contributed by atoms with E-state index in [1.807, 2.05) is 6.92 Å². The zero-order valence-electron chi connectivity index (χ0n) is 11.2. The second-order valence-electron chi connectivity index (χ2n) is 4.08. The lowest BCUT2D eigenvalue weighted by atomic mass is 10.2. The Morgan fingerprint density at radius 1 is 1.58 bits per heavy atom. The summed E-state index contributed by atoms with van der Waals surface area (Å²) in [6.45, 7) is 2.86. The Bertz CT molecular complexity index is 425. The van der Waals surface area contributed by atoms with Crippen LogP contribution >= 0.6 is 0 Å². The number of aromatic nitrogens is 1. The quantitative estimate of drug-likeness (QED) is 0.358. The Hall–Kier alpha value is -1.70. The molecule has 7 heteroatoms. The van der Waals surface area contributed by atoms with Crippen molar-refractivity contribution in [2.24, 2.45) is 5.84 Å². The van der Waals surface area contributed by atoms with Crippen molar-refractivity contribution < 1.29 is 14.6 Å². The second kappa shape index (κ2) is 7.67. The van der Waals surface area contributed by atoms with Crippen LogP contribution < -0.4 is 11.3 Å². The minimum atomic E-state index is -0.187. The first-order valence-corrected chi connectivity index (χ1v) is 5.97. The summed E-state index contributed by atoms with van der Waals surface area (Å²) in [6, 6.07) is 1.71. The number of rotatable bonds is 7. The van der Waals surface area contributed by atoms with Gasteiger partial charge in [-0.2, -0.15) is 0 Å². The first kappa shape index (κ1) is 15.4. The highest BCUT2D eigenvalue weighted by Crippen LogP contribution is 2.16. The predicted octanol–water partition coefficient (Wildman–Crippen LogP) is -0.243. The van der Waals surface area contributed by atoms with Gasteiger partial charge in [-0.05, 0) is 13.0 Å². The van der Waals surface area contributed by atoms with Crippen molar-refractivity contribution in [3.8, 4) is 0 Å². The monoisotopic (exact) mass is 268 g/mol. The third-order valence-corrected chi connectivity index (χ3v) is 2.58. The summed E-state index contributed by atoms with van der Waals surface area (Å²) in [5.74, 6) is 5.21. The standard InChI is InChI=1S/C12H20N4O3/c1-9-7-11(15-13)10(8-14-9)12(18)16(2)3-5-19-6-4-17/h7-8,17H,3-6,13H2,1-2H3,(H,14,15). The Morgan fingerprint density at radius 3 is 2.95 bits per heavy atom. The Balaban J connectivity index is 2.66. The van der Waals surface area contributed by atoms with E-state index in [-0.39, 0.29) is 19.1 Å². The van der Waals surface area contributed by atoms with Gasteiger partial charge in [0.15, 0.2) is 0 Å². The number of amides is 1. The largest absolute Gasteiger partial charge is 0.394 e. The van der Waals surface area contributed by atoms with Crippen LogP contribution in [0.15, 0.2) is 12.3 Å². The molecule has 0 fully saturated rings. The van der Waals surface area contributed by atoms with E-state index >= 15 is 0 Å². The number of anilines is 1. The van der Waals surface area contributed by atoms with E-state index in [0.29, 0.717) is 24.4 Å². The van der Waals surface area contributed by atoms with Crippen LogP contribution in [-0.2, 0) is 4.74 Å². The van der Waals surface area contributed by atoms with Crippen LogP contribution in [0.2, 0.25) is 0 Å². The molecule has 0 bridgehead atoms. The number of carbonyl (C=O) groups excluding carboxylic acids is 1. The van der Waals surface area contributed by atoms with Crippen molar-refractivity contribution in [2.45, 2.75) is 6.92 Å². The van der Waals surface area contributed by atoms with Gasteiger partial charge in [-0.3, -0.25) is 15.6 Å². The minimum absolute atomic E-state index is 0.0270. The molecule has 0 aromatic carbocycles. The fraction of sp³-hybridized carbons (Fsp3) is 0.500. The number of aliphatic hydroxyl groups is 1. The van der Waals surface area contributed by atoms with Gasteiger partial charge in [-0.15, -0.1) is 0 Å². The number of likely N-dealkylation sites (N-methyl/N-ethyl adjacent to an activating group) is 1. The molecule has 0 unspecified atom stereocenters. The number of pyridine rings is 1. The number of nitrogens with two attached hydrogens (primary N) is 1. The lowest BCUT2D eigenvalue weighted by Gasteiger charge is -2.18. The molecule has 19 heavy (non-hydrogen) atoms. The zero-order chi connectivity index (χ0) is 14.3. The molecule has 7 nitrogen and oxygen atoms in total. The molecule has 0 radical (unpaired) electrons. The van der Waals surface area contributed by atoms with Crippen LogP contribution in [0, 0.1) is 6.92 Å². The summed E-state index contributed by atoms with van der Waals surface area (Å²) in [7, 11) is 1.67. The van der Waals surface area contributed by atoms with Crippen LogP contribution in [0.5, 0.6) is 0 Å². The van der Waals surface area contributed by atoms with Crippen molar-refractivity contribution >= 4 is 11.6 Å². The number of nitrogens with zero attached hydrogens (tertiary/aromatic N) is 2. The SMILES string of the molecule is Cc1cc(NN)c(C(=O)N(C)CCOCCO)cn1. The van der Waals surface area contributed by atoms with Gasteiger partial charge in [0.2, 0.25) is 0 Å². The summed E-state index contributed by atoms with van der Waals surface area (Å²) in [6.07, 6.45) is 1.50. The van der Waals surface area contributed by atoms with Gasteiger partial charge in [0.05, 0.1) is 31.1 Å². The molecule has 4 N–H and O–H groups in total. The van der Waals surface area contributed by atoms with Crippen molar-refractivity contribution in [1.82, 2.24) is 9.88 Å². The Kier molecular flexibility index (Phi) is 6.20. The fourth-order valence-corrected chi connectivity index (χ4v) is 1.52. The number of hydrazine groups is 1. The van der Waals surface area contributed by atoms with Crippen LogP contribution in [-0.4, -0.2) is 54.3 Å². The van der Waals surface area contributed by atoms with Crippen molar-refractivity contribution in [2.75, 3.05) is 38.8 Å².